The average molecular weight is 271 g/mol. The van der Waals surface area contributed by atoms with Crippen molar-refractivity contribution in [2.75, 3.05) is 25.4 Å². The van der Waals surface area contributed by atoms with Crippen LogP contribution in [0, 0.1) is 5.92 Å². The minimum Gasteiger partial charge on any atom is -0.315 e. The third-order valence-corrected chi connectivity index (χ3v) is 3.96. The molecule has 0 unspecified atom stereocenters. The maximum atomic E-state index is 11.5. The number of halogens is 1. The molecule has 0 aromatic rings. The van der Waals surface area contributed by atoms with Crippen LogP contribution in [0.2, 0.25) is 0 Å². The largest absolute Gasteiger partial charge is 0.315 e. The second-order valence-electron chi connectivity index (χ2n) is 4.20. The van der Waals surface area contributed by atoms with Crippen molar-refractivity contribution in [2.24, 2.45) is 5.92 Å². The molecule has 6 heteroatoms. The molecule has 1 fully saturated rings. The van der Waals surface area contributed by atoms with Gasteiger partial charge in [0.1, 0.15) is 0 Å². The summed E-state index contributed by atoms with van der Waals surface area (Å²) in [5.74, 6) is 0.977. The van der Waals surface area contributed by atoms with Crippen LogP contribution in [-0.4, -0.2) is 33.8 Å². The number of rotatable bonds is 9. The number of hydrogen-bond donors (Lipinski definition) is 2. The van der Waals surface area contributed by atoms with Gasteiger partial charge in [-0.15, -0.1) is 12.4 Å². The Balaban J connectivity index is 0.00000225. The van der Waals surface area contributed by atoms with Gasteiger partial charge >= 0.3 is 0 Å². The molecule has 0 aromatic carbocycles. The molecule has 1 rings (SSSR count). The fourth-order valence-corrected chi connectivity index (χ4v) is 2.60. The zero-order valence-electron chi connectivity index (χ0n) is 9.87. The number of hydrogen-bond acceptors (Lipinski definition) is 3. The van der Waals surface area contributed by atoms with E-state index in [2.05, 4.69) is 17.0 Å². The van der Waals surface area contributed by atoms with Gasteiger partial charge in [-0.1, -0.05) is 19.8 Å². The van der Waals surface area contributed by atoms with E-state index in [1.807, 2.05) is 0 Å². The minimum atomic E-state index is -3.01. The van der Waals surface area contributed by atoms with Crippen molar-refractivity contribution in [1.82, 2.24) is 10.0 Å². The SMILES string of the molecule is CCCNCCNS(=O)(=O)CCC1CC1.Cl. The molecule has 2 N–H and O–H groups in total. The van der Waals surface area contributed by atoms with Gasteiger partial charge < -0.3 is 5.32 Å². The lowest BCUT2D eigenvalue weighted by Gasteiger charge is -2.06. The Morgan fingerprint density at radius 3 is 2.44 bits per heavy atom. The lowest BCUT2D eigenvalue weighted by atomic mass is 10.3. The van der Waals surface area contributed by atoms with Crippen LogP contribution >= 0.6 is 12.4 Å². The van der Waals surface area contributed by atoms with Gasteiger partial charge in [0.25, 0.3) is 0 Å². The average Bonchev–Trinajstić information content (AvgIpc) is 2.98. The Morgan fingerprint density at radius 1 is 1.19 bits per heavy atom. The minimum absolute atomic E-state index is 0. The zero-order valence-corrected chi connectivity index (χ0v) is 11.5. The summed E-state index contributed by atoms with van der Waals surface area (Å²) in [7, 11) is -3.01. The van der Waals surface area contributed by atoms with Gasteiger partial charge in [0, 0.05) is 13.1 Å². The number of nitrogens with one attached hydrogen (secondary N) is 2. The molecular weight excluding hydrogens is 248 g/mol. The molecule has 0 atom stereocenters. The molecule has 0 aliphatic heterocycles. The molecule has 0 heterocycles. The summed E-state index contributed by atoms with van der Waals surface area (Å²) in [5, 5.41) is 3.16. The van der Waals surface area contributed by atoms with E-state index in [4.69, 9.17) is 0 Å². The van der Waals surface area contributed by atoms with Crippen molar-refractivity contribution in [1.29, 1.82) is 0 Å². The van der Waals surface area contributed by atoms with E-state index < -0.39 is 10.0 Å². The first-order valence-corrected chi connectivity index (χ1v) is 7.47. The highest BCUT2D eigenvalue weighted by Gasteiger charge is 2.23. The molecule has 0 spiro atoms. The molecule has 0 aromatic heterocycles. The Kier molecular flexibility index (Phi) is 8.36. The monoisotopic (exact) mass is 270 g/mol. The van der Waals surface area contributed by atoms with Gasteiger partial charge in [-0.3, -0.25) is 0 Å². The molecule has 4 nitrogen and oxygen atoms in total. The van der Waals surface area contributed by atoms with Crippen LogP contribution < -0.4 is 10.0 Å². The van der Waals surface area contributed by atoms with Crippen LogP contribution in [0.5, 0.6) is 0 Å². The van der Waals surface area contributed by atoms with E-state index in [1.54, 1.807) is 0 Å². The maximum Gasteiger partial charge on any atom is 0.211 e. The summed E-state index contributed by atoms with van der Waals surface area (Å²) in [4.78, 5) is 0. The summed E-state index contributed by atoms with van der Waals surface area (Å²) in [5.41, 5.74) is 0. The standard InChI is InChI=1S/C10H22N2O2S.ClH/c1-2-6-11-7-8-12-15(13,14)9-5-10-3-4-10;/h10-12H,2-9H2,1H3;1H. The Morgan fingerprint density at radius 2 is 1.88 bits per heavy atom. The molecule has 1 aliphatic carbocycles. The first-order chi connectivity index (χ1) is 7.14. The number of sulfonamides is 1. The summed E-state index contributed by atoms with van der Waals surface area (Å²) >= 11 is 0. The highest BCUT2D eigenvalue weighted by Crippen LogP contribution is 2.32. The highest BCUT2D eigenvalue weighted by atomic mass is 35.5. The van der Waals surface area contributed by atoms with Crippen molar-refractivity contribution >= 4 is 22.4 Å². The van der Waals surface area contributed by atoms with Crippen LogP contribution in [0.25, 0.3) is 0 Å². The normalized spacial score (nSPS) is 15.8. The Hall–Kier alpha value is 0.160. The van der Waals surface area contributed by atoms with Crippen LogP contribution in [-0.2, 0) is 10.0 Å². The quantitative estimate of drug-likeness (QED) is 0.618. The van der Waals surface area contributed by atoms with Gasteiger partial charge in [-0.2, -0.15) is 0 Å². The van der Waals surface area contributed by atoms with Gasteiger partial charge in [-0.05, 0) is 25.3 Å². The van der Waals surface area contributed by atoms with Crippen molar-refractivity contribution in [3.63, 3.8) is 0 Å². The Bertz CT molecular complexity index is 266. The smallest absolute Gasteiger partial charge is 0.211 e. The van der Waals surface area contributed by atoms with Crippen molar-refractivity contribution in [3.05, 3.63) is 0 Å². The fourth-order valence-electron chi connectivity index (χ4n) is 1.40. The van der Waals surface area contributed by atoms with E-state index >= 15 is 0 Å². The molecule has 98 valence electrons. The first-order valence-electron chi connectivity index (χ1n) is 5.82. The summed E-state index contributed by atoms with van der Waals surface area (Å²) in [6, 6.07) is 0. The van der Waals surface area contributed by atoms with Gasteiger partial charge in [-0.25, -0.2) is 13.1 Å². The second kappa shape index (κ2) is 8.28. The van der Waals surface area contributed by atoms with Gasteiger partial charge in [0.05, 0.1) is 5.75 Å². The van der Waals surface area contributed by atoms with Gasteiger partial charge in [0.2, 0.25) is 10.0 Å². The molecule has 16 heavy (non-hydrogen) atoms. The predicted octanol–water partition coefficient (Wildman–Crippen LogP) is 1.13. The molecule has 0 amide bonds. The van der Waals surface area contributed by atoms with Crippen molar-refractivity contribution < 1.29 is 8.42 Å². The van der Waals surface area contributed by atoms with E-state index in [-0.39, 0.29) is 12.4 Å². The van der Waals surface area contributed by atoms with Crippen LogP contribution in [0.3, 0.4) is 0 Å². The van der Waals surface area contributed by atoms with E-state index in [9.17, 15) is 8.42 Å². The topological polar surface area (TPSA) is 58.2 Å². The molecule has 0 radical (unpaired) electrons. The molecule has 0 saturated heterocycles. The lowest BCUT2D eigenvalue weighted by molar-refractivity contribution is 0.570. The van der Waals surface area contributed by atoms with Gasteiger partial charge in [0.15, 0.2) is 0 Å². The van der Waals surface area contributed by atoms with Crippen LogP contribution in [0.1, 0.15) is 32.6 Å². The maximum absolute atomic E-state index is 11.5. The van der Waals surface area contributed by atoms with E-state index in [1.165, 1.54) is 12.8 Å². The van der Waals surface area contributed by atoms with Crippen LogP contribution in [0.15, 0.2) is 0 Å². The van der Waals surface area contributed by atoms with Crippen LogP contribution in [0.4, 0.5) is 0 Å². The third kappa shape index (κ3) is 8.33. The lowest BCUT2D eigenvalue weighted by Crippen LogP contribution is -2.33. The molecule has 1 aliphatic rings. The predicted molar refractivity (Wildman–Crippen MR) is 69.5 cm³/mol. The van der Waals surface area contributed by atoms with Crippen molar-refractivity contribution in [3.8, 4) is 0 Å². The van der Waals surface area contributed by atoms with E-state index in [0.717, 1.165) is 25.9 Å². The third-order valence-electron chi connectivity index (χ3n) is 2.54. The zero-order chi connectivity index (χ0) is 11.1. The molecule has 1 saturated carbocycles. The van der Waals surface area contributed by atoms with E-state index in [0.29, 0.717) is 18.2 Å². The highest BCUT2D eigenvalue weighted by molar-refractivity contribution is 7.89. The summed E-state index contributed by atoms with van der Waals surface area (Å²) in [6.45, 7) is 4.26. The molecule has 0 bridgehead atoms. The first kappa shape index (κ1) is 16.2. The van der Waals surface area contributed by atoms with Crippen molar-refractivity contribution in [2.45, 2.75) is 32.6 Å². The summed E-state index contributed by atoms with van der Waals surface area (Å²) < 4.78 is 25.5. The fraction of sp³-hybridized carbons (Fsp3) is 1.00. The Labute approximate surface area is 105 Å². The molecular formula is C10H23ClN2O2S. The second-order valence-corrected chi connectivity index (χ2v) is 6.12. The summed E-state index contributed by atoms with van der Waals surface area (Å²) in [6.07, 6.45) is 4.34.